The molecular weight excluding hydrogens is 553 g/mol. The first kappa shape index (κ1) is 23.5. The lowest BCUT2D eigenvalue weighted by Crippen LogP contribution is -2.54. The third-order valence-corrected chi connectivity index (χ3v) is 9.74. The predicted octanol–water partition coefficient (Wildman–Crippen LogP) is 9.03. The Labute approximate surface area is 257 Å². The molecule has 0 spiro atoms. The minimum absolute atomic E-state index is 0.00244. The van der Waals surface area contributed by atoms with E-state index in [4.69, 9.17) is 13.3 Å². The van der Waals surface area contributed by atoms with Gasteiger partial charge >= 0.3 is 0 Å². The van der Waals surface area contributed by atoms with Crippen molar-refractivity contribution in [2.75, 3.05) is 4.90 Å². The fourth-order valence-electron chi connectivity index (χ4n) is 7.83. The topological polar surface area (TPSA) is 42.7 Å². The molecule has 0 radical (unpaired) electrons. The van der Waals surface area contributed by atoms with E-state index in [0.717, 1.165) is 77.7 Å². The molecule has 2 aliphatic rings. The second-order valence-corrected chi connectivity index (χ2v) is 12.0. The number of fused-ring (bicyclic) bond motifs is 11. The Bertz CT molecular complexity index is 2690. The van der Waals surface area contributed by atoms with Gasteiger partial charge in [-0.05, 0) is 82.3 Å². The van der Waals surface area contributed by atoms with Crippen LogP contribution in [-0.2, 0) is 0 Å². The molecule has 5 heteroatoms. The maximum absolute atomic E-state index is 6.79. The maximum atomic E-state index is 6.79. The van der Waals surface area contributed by atoms with Gasteiger partial charge in [0.25, 0.3) is 6.71 Å². The Hall–Kier alpha value is -5.94. The first-order valence-electron chi connectivity index (χ1n) is 15.3. The second-order valence-electron chi connectivity index (χ2n) is 12.0. The van der Waals surface area contributed by atoms with Gasteiger partial charge in [0.15, 0.2) is 0 Å². The zero-order valence-electron chi connectivity index (χ0n) is 24.0. The molecule has 0 bridgehead atoms. The number of anilines is 3. The van der Waals surface area contributed by atoms with Crippen LogP contribution in [0.1, 0.15) is 0 Å². The Morgan fingerprint density at radius 3 is 2.09 bits per heavy atom. The van der Waals surface area contributed by atoms with Crippen LogP contribution in [0.25, 0.3) is 66.1 Å². The van der Waals surface area contributed by atoms with E-state index in [-0.39, 0.29) is 6.71 Å². The molecule has 2 aliphatic heterocycles. The Kier molecular flexibility index (Phi) is 4.37. The van der Waals surface area contributed by atoms with Crippen LogP contribution in [0.15, 0.2) is 147 Å². The smallest absolute Gasteiger partial charge is 0.294 e. The summed E-state index contributed by atoms with van der Waals surface area (Å²) in [5, 5.41) is 4.40. The van der Waals surface area contributed by atoms with E-state index >= 15 is 0 Å². The largest absolute Gasteiger partial charge is 0.468 e. The Balaban J connectivity index is 1.26. The molecule has 0 aliphatic carbocycles. The average molecular weight is 575 g/mol. The maximum Gasteiger partial charge on any atom is 0.294 e. The second kappa shape index (κ2) is 8.37. The first-order chi connectivity index (χ1) is 22.3. The highest BCUT2D eigenvalue weighted by Crippen LogP contribution is 2.48. The molecule has 0 saturated heterocycles. The highest BCUT2D eigenvalue weighted by Gasteiger charge is 2.46. The summed E-state index contributed by atoms with van der Waals surface area (Å²) in [7, 11) is 0. The van der Waals surface area contributed by atoms with Gasteiger partial charge in [-0.15, -0.1) is 0 Å². The molecule has 208 valence electrons. The van der Waals surface area contributed by atoms with Crippen molar-refractivity contribution in [2.24, 2.45) is 0 Å². The summed E-state index contributed by atoms with van der Waals surface area (Å²) >= 11 is 0. The van der Waals surface area contributed by atoms with Crippen molar-refractivity contribution in [3.63, 3.8) is 0 Å². The standard InChI is InChI=1S/C40H22BNO3/c1-5-13-31-25(9-1)30-20-24(23-17-18-37-29(19-23)26-10-2-7-15-35(26)44-37)21-32-38(30)41(31)40-39(28-12-4-8-16-36(28)45-40)42(32)33-22-43-34-14-6-3-11-27(33)34/h1-22H. The summed E-state index contributed by atoms with van der Waals surface area (Å²) in [6.45, 7) is -0.00244. The van der Waals surface area contributed by atoms with Crippen LogP contribution in [0, 0.1) is 0 Å². The third kappa shape index (κ3) is 3.02. The van der Waals surface area contributed by atoms with E-state index in [1.165, 1.54) is 22.1 Å². The minimum Gasteiger partial charge on any atom is -0.468 e. The molecule has 5 heterocycles. The summed E-state index contributed by atoms with van der Waals surface area (Å²) in [6.07, 6.45) is 1.89. The molecule has 4 nitrogen and oxygen atoms in total. The molecule has 3 aromatic heterocycles. The van der Waals surface area contributed by atoms with E-state index in [2.05, 4.69) is 102 Å². The van der Waals surface area contributed by atoms with Crippen LogP contribution in [0.3, 0.4) is 0 Å². The molecule has 0 unspecified atom stereocenters. The van der Waals surface area contributed by atoms with Crippen molar-refractivity contribution in [1.29, 1.82) is 0 Å². The normalized spacial score (nSPS) is 13.2. The first-order valence-corrected chi connectivity index (χ1v) is 15.3. The van der Waals surface area contributed by atoms with Crippen molar-refractivity contribution >= 4 is 84.2 Å². The highest BCUT2D eigenvalue weighted by atomic mass is 16.3. The molecule has 9 aromatic rings. The number of hydrogen-bond donors (Lipinski definition) is 0. The molecule has 0 N–H and O–H groups in total. The summed E-state index contributed by atoms with van der Waals surface area (Å²) < 4.78 is 19.1. The van der Waals surface area contributed by atoms with Crippen LogP contribution < -0.4 is 21.5 Å². The number of nitrogens with zero attached hydrogens (tertiary/aromatic N) is 1. The quantitative estimate of drug-likeness (QED) is 0.193. The van der Waals surface area contributed by atoms with E-state index < -0.39 is 0 Å². The van der Waals surface area contributed by atoms with Gasteiger partial charge in [0.1, 0.15) is 28.6 Å². The summed E-state index contributed by atoms with van der Waals surface area (Å²) in [5.74, 6) is 0. The van der Waals surface area contributed by atoms with Crippen molar-refractivity contribution in [3.8, 4) is 22.3 Å². The van der Waals surface area contributed by atoms with Gasteiger partial charge in [-0.1, -0.05) is 78.3 Å². The third-order valence-electron chi connectivity index (χ3n) is 9.74. The molecule has 6 aromatic carbocycles. The van der Waals surface area contributed by atoms with E-state index in [0.29, 0.717) is 0 Å². The van der Waals surface area contributed by atoms with Gasteiger partial charge < -0.3 is 18.2 Å². The van der Waals surface area contributed by atoms with Crippen LogP contribution in [-0.4, -0.2) is 6.71 Å². The molecule has 0 fully saturated rings. The predicted molar refractivity (Wildman–Crippen MR) is 183 cm³/mol. The minimum atomic E-state index is -0.00244. The van der Waals surface area contributed by atoms with Gasteiger partial charge in [0.2, 0.25) is 0 Å². The number of para-hydroxylation sites is 3. The number of hydrogen-bond acceptors (Lipinski definition) is 4. The Morgan fingerprint density at radius 1 is 0.489 bits per heavy atom. The van der Waals surface area contributed by atoms with Crippen molar-refractivity contribution in [1.82, 2.24) is 0 Å². The average Bonchev–Trinajstić information content (AvgIpc) is 3.86. The molecule has 45 heavy (non-hydrogen) atoms. The molecule has 0 saturated carbocycles. The van der Waals surface area contributed by atoms with Crippen LogP contribution in [0.2, 0.25) is 0 Å². The lowest BCUT2D eigenvalue weighted by atomic mass is 9.39. The summed E-state index contributed by atoms with van der Waals surface area (Å²) in [6, 6.07) is 44.9. The summed E-state index contributed by atoms with van der Waals surface area (Å²) in [5.41, 5.74) is 15.1. The highest BCUT2D eigenvalue weighted by molar-refractivity contribution is 7.01. The molecule has 0 amide bonds. The van der Waals surface area contributed by atoms with Gasteiger partial charge in [-0.3, -0.25) is 0 Å². The fourth-order valence-corrected chi connectivity index (χ4v) is 7.83. The Morgan fingerprint density at radius 2 is 1.20 bits per heavy atom. The molecule has 0 atom stereocenters. The van der Waals surface area contributed by atoms with Crippen molar-refractivity contribution < 1.29 is 13.3 Å². The van der Waals surface area contributed by atoms with Crippen LogP contribution >= 0.6 is 0 Å². The van der Waals surface area contributed by atoms with Gasteiger partial charge in [-0.2, -0.15) is 0 Å². The number of benzene rings is 6. The fraction of sp³-hybridized carbons (Fsp3) is 0. The van der Waals surface area contributed by atoms with Gasteiger partial charge in [0, 0.05) is 27.2 Å². The number of furan rings is 3. The monoisotopic (exact) mass is 575 g/mol. The SMILES string of the molecule is c1ccc2c(c1)B1c3oc4ccccc4c3N(c3coc4ccccc34)c3cc(-c4ccc5oc6ccccc6c5c4)cc-2c31. The zero-order valence-corrected chi connectivity index (χ0v) is 24.0. The van der Waals surface area contributed by atoms with Crippen LogP contribution in [0.5, 0.6) is 0 Å². The van der Waals surface area contributed by atoms with Crippen molar-refractivity contribution in [2.45, 2.75) is 0 Å². The lowest BCUT2D eigenvalue weighted by Gasteiger charge is -2.33. The molecular formula is C40H22BNO3. The molecule has 11 rings (SSSR count). The number of rotatable bonds is 2. The van der Waals surface area contributed by atoms with Gasteiger partial charge in [-0.25, -0.2) is 0 Å². The lowest BCUT2D eigenvalue weighted by molar-refractivity contribution is 0.616. The van der Waals surface area contributed by atoms with E-state index in [9.17, 15) is 0 Å². The van der Waals surface area contributed by atoms with Gasteiger partial charge in [0.05, 0.1) is 17.0 Å². The van der Waals surface area contributed by atoms with E-state index in [1.807, 2.05) is 36.6 Å². The van der Waals surface area contributed by atoms with E-state index in [1.54, 1.807) is 0 Å². The summed E-state index contributed by atoms with van der Waals surface area (Å²) in [4.78, 5) is 2.38. The zero-order chi connectivity index (χ0) is 29.2. The van der Waals surface area contributed by atoms with Crippen molar-refractivity contribution in [3.05, 3.63) is 134 Å². The van der Waals surface area contributed by atoms with Crippen LogP contribution in [0.4, 0.5) is 17.1 Å².